The van der Waals surface area contributed by atoms with Crippen molar-refractivity contribution < 1.29 is 0 Å². The van der Waals surface area contributed by atoms with E-state index in [1.807, 2.05) is 25.3 Å². The Balaban J connectivity index is 2.17. The zero-order valence-corrected chi connectivity index (χ0v) is 12.7. The van der Waals surface area contributed by atoms with Gasteiger partial charge in [0.2, 0.25) is 0 Å². The molecule has 1 atom stereocenters. The van der Waals surface area contributed by atoms with Crippen LogP contribution in [-0.2, 0) is 0 Å². The van der Waals surface area contributed by atoms with E-state index >= 15 is 0 Å². The van der Waals surface area contributed by atoms with Gasteiger partial charge in [-0.15, -0.1) is 11.3 Å². The fraction of sp³-hybridized carbons (Fsp3) is 0.154. The maximum Gasteiger partial charge on any atom is 0.124 e. The summed E-state index contributed by atoms with van der Waals surface area (Å²) in [6, 6.07) is 8.21. The highest BCUT2D eigenvalue weighted by Crippen LogP contribution is 2.44. The van der Waals surface area contributed by atoms with Gasteiger partial charge in [0, 0.05) is 20.8 Å². The Labute approximate surface area is 122 Å². The van der Waals surface area contributed by atoms with Gasteiger partial charge < -0.3 is 5.32 Å². The third-order valence-corrected chi connectivity index (χ3v) is 5.47. The lowest BCUT2D eigenvalue weighted by Gasteiger charge is -2.17. The van der Waals surface area contributed by atoms with E-state index in [9.17, 15) is 0 Å². The molecule has 18 heavy (non-hydrogen) atoms. The van der Waals surface area contributed by atoms with Crippen LogP contribution < -0.4 is 5.32 Å². The maximum atomic E-state index is 6.26. The smallest absolute Gasteiger partial charge is 0.124 e. The molecule has 0 fully saturated rings. The fourth-order valence-corrected chi connectivity index (χ4v) is 4.31. The number of nitrogens with one attached hydrogen (secondary N) is 1. The van der Waals surface area contributed by atoms with Crippen LogP contribution in [0.1, 0.15) is 17.8 Å². The van der Waals surface area contributed by atoms with Gasteiger partial charge in [0.15, 0.2) is 0 Å². The lowest BCUT2D eigenvalue weighted by Crippen LogP contribution is -2.20. The predicted octanol–water partition coefficient (Wildman–Crippen LogP) is 4.81. The molecule has 0 radical (unpaired) electrons. The van der Waals surface area contributed by atoms with E-state index in [4.69, 9.17) is 11.6 Å². The maximum absolute atomic E-state index is 6.26. The molecule has 1 N–H and O–H groups in total. The van der Waals surface area contributed by atoms with Crippen molar-refractivity contribution in [2.45, 2.75) is 13.0 Å². The highest BCUT2D eigenvalue weighted by atomic mass is 79.9. The number of aliphatic imine (C=N–C) groups is 1. The van der Waals surface area contributed by atoms with Gasteiger partial charge >= 0.3 is 0 Å². The number of benzene rings is 1. The van der Waals surface area contributed by atoms with E-state index in [2.05, 4.69) is 38.4 Å². The summed E-state index contributed by atoms with van der Waals surface area (Å²) in [6.45, 7) is 1.94. The molecular formula is C13H10BrClN2S. The van der Waals surface area contributed by atoms with Crippen LogP contribution in [0.3, 0.4) is 0 Å². The second-order valence-electron chi connectivity index (χ2n) is 4.07. The monoisotopic (exact) mass is 340 g/mol. The first kappa shape index (κ1) is 12.2. The van der Waals surface area contributed by atoms with Gasteiger partial charge in [0.25, 0.3) is 0 Å². The largest absolute Gasteiger partial charge is 0.349 e. The fourth-order valence-electron chi connectivity index (χ4n) is 1.94. The Morgan fingerprint density at radius 2 is 2.17 bits per heavy atom. The SMILES string of the molecule is CC1=NC(c2sc3ccccc3c2Br)C(Cl)=CN1. The highest BCUT2D eigenvalue weighted by Gasteiger charge is 2.23. The molecule has 0 saturated carbocycles. The number of rotatable bonds is 1. The molecule has 0 aliphatic carbocycles. The zero-order chi connectivity index (χ0) is 12.7. The van der Waals surface area contributed by atoms with Crippen molar-refractivity contribution in [1.29, 1.82) is 0 Å². The molecule has 1 aliphatic heterocycles. The minimum absolute atomic E-state index is 0.0975. The summed E-state index contributed by atoms with van der Waals surface area (Å²) < 4.78 is 2.34. The number of amidine groups is 1. The molecule has 2 nitrogen and oxygen atoms in total. The molecule has 0 spiro atoms. The first-order valence-electron chi connectivity index (χ1n) is 5.50. The van der Waals surface area contributed by atoms with Crippen LogP contribution in [0.15, 0.2) is 45.0 Å². The first-order chi connectivity index (χ1) is 8.66. The average Bonchev–Trinajstić information content (AvgIpc) is 2.71. The standard InChI is InChI=1S/C13H10BrClN2S/c1-7-16-6-9(15)12(17-7)13-11(14)8-4-2-3-5-10(8)18-13/h2-6,12H,1H3,(H,16,17). The van der Waals surface area contributed by atoms with Gasteiger partial charge in [-0.3, -0.25) is 4.99 Å². The topological polar surface area (TPSA) is 24.4 Å². The number of hydrogen-bond acceptors (Lipinski definition) is 3. The Morgan fingerprint density at radius 1 is 1.39 bits per heavy atom. The molecule has 0 saturated heterocycles. The Bertz CT molecular complexity index is 675. The van der Waals surface area contributed by atoms with Gasteiger partial charge in [-0.2, -0.15) is 0 Å². The third-order valence-electron chi connectivity index (χ3n) is 2.81. The molecule has 3 rings (SSSR count). The van der Waals surface area contributed by atoms with E-state index in [1.54, 1.807) is 11.3 Å². The van der Waals surface area contributed by atoms with Crippen molar-refractivity contribution in [1.82, 2.24) is 5.32 Å². The summed E-state index contributed by atoms with van der Waals surface area (Å²) in [6.07, 6.45) is 1.81. The average molecular weight is 342 g/mol. The van der Waals surface area contributed by atoms with Crippen LogP contribution in [0.4, 0.5) is 0 Å². The molecule has 0 bridgehead atoms. The summed E-state index contributed by atoms with van der Waals surface area (Å²) in [5.74, 6) is 0.883. The second kappa shape index (κ2) is 4.68. The van der Waals surface area contributed by atoms with Crippen molar-refractivity contribution in [3.63, 3.8) is 0 Å². The molecule has 2 aromatic rings. The summed E-state index contributed by atoms with van der Waals surface area (Å²) in [4.78, 5) is 5.73. The number of halogens is 2. The number of hydrogen-bond donors (Lipinski definition) is 1. The molecule has 1 aliphatic rings. The van der Waals surface area contributed by atoms with Gasteiger partial charge in [-0.1, -0.05) is 29.8 Å². The summed E-state index contributed by atoms with van der Waals surface area (Å²) >= 11 is 11.7. The normalized spacial score (nSPS) is 19.4. The highest BCUT2D eigenvalue weighted by molar-refractivity contribution is 9.10. The minimum Gasteiger partial charge on any atom is -0.349 e. The van der Waals surface area contributed by atoms with Crippen LogP contribution in [-0.4, -0.2) is 5.84 Å². The molecular weight excluding hydrogens is 332 g/mol. The number of thiophene rings is 1. The molecule has 92 valence electrons. The van der Waals surface area contributed by atoms with Crippen molar-refractivity contribution in [3.05, 3.63) is 44.8 Å². The van der Waals surface area contributed by atoms with E-state index in [0.717, 1.165) is 15.2 Å². The van der Waals surface area contributed by atoms with Crippen LogP contribution >= 0.6 is 38.9 Å². The van der Waals surface area contributed by atoms with E-state index in [-0.39, 0.29) is 6.04 Å². The lowest BCUT2D eigenvalue weighted by molar-refractivity contribution is 0.866. The van der Waals surface area contributed by atoms with Crippen molar-refractivity contribution in [2.75, 3.05) is 0 Å². The molecule has 1 aromatic carbocycles. The molecule has 1 unspecified atom stereocenters. The van der Waals surface area contributed by atoms with Gasteiger partial charge in [-0.05, 0) is 28.9 Å². The second-order valence-corrected chi connectivity index (χ2v) is 6.38. The summed E-state index contributed by atoms with van der Waals surface area (Å²) in [5.41, 5.74) is 0. The van der Waals surface area contributed by atoms with Crippen molar-refractivity contribution >= 4 is 54.8 Å². The van der Waals surface area contributed by atoms with Crippen molar-refractivity contribution in [2.24, 2.45) is 4.99 Å². The number of nitrogens with zero attached hydrogens (tertiary/aromatic N) is 1. The van der Waals surface area contributed by atoms with Gasteiger partial charge in [0.05, 0.1) is 15.7 Å². The first-order valence-corrected chi connectivity index (χ1v) is 7.49. The lowest BCUT2D eigenvalue weighted by atomic mass is 10.2. The van der Waals surface area contributed by atoms with Gasteiger partial charge in [-0.25, -0.2) is 0 Å². The number of fused-ring (bicyclic) bond motifs is 1. The van der Waals surface area contributed by atoms with Crippen molar-refractivity contribution in [3.8, 4) is 0 Å². The zero-order valence-electron chi connectivity index (χ0n) is 9.58. The molecule has 2 heterocycles. The van der Waals surface area contributed by atoms with Crippen LogP contribution in [0.5, 0.6) is 0 Å². The Kier molecular flexibility index (Phi) is 3.18. The summed E-state index contributed by atoms with van der Waals surface area (Å²) in [5, 5.41) is 4.96. The Morgan fingerprint density at radius 3 is 2.94 bits per heavy atom. The van der Waals surface area contributed by atoms with Gasteiger partial charge in [0.1, 0.15) is 6.04 Å². The summed E-state index contributed by atoms with van der Waals surface area (Å²) in [7, 11) is 0. The Hall–Kier alpha value is -0.840. The molecule has 5 heteroatoms. The predicted molar refractivity (Wildman–Crippen MR) is 82.4 cm³/mol. The van der Waals surface area contributed by atoms with E-state index < -0.39 is 0 Å². The minimum atomic E-state index is -0.0975. The molecule has 1 aromatic heterocycles. The molecule has 0 amide bonds. The third kappa shape index (κ3) is 1.98. The van der Waals surface area contributed by atoms with E-state index in [0.29, 0.717) is 5.03 Å². The van der Waals surface area contributed by atoms with Crippen LogP contribution in [0.25, 0.3) is 10.1 Å². The van der Waals surface area contributed by atoms with Crippen LogP contribution in [0.2, 0.25) is 0 Å². The van der Waals surface area contributed by atoms with Crippen LogP contribution in [0, 0.1) is 0 Å². The van der Waals surface area contributed by atoms with E-state index in [1.165, 1.54) is 10.1 Å². The quantitative estimate of drug-likeness (QED) is 0.791.